The van der Waals surface area contributed by atoms with Gasteiger partial charge in [-0.1, -0.05) is 31.0 Å². The quantitative estimate of drug-likeness (QED) is 0.207. The number of halogens is 4. The summed E-state index contributed by atoms with van der Waals surface area (Å²) in [4.78, 5) is 28.6. The fourth-order valence-electron chi connectivity index (χ4n) is 4.34. The Kier molecular flexibility index (Phi) is 9.33. The molecule has 0 unspecified atom stereocenters. The number of aliphatic imine (C=N–C) groups is 1. The SMILES string of the molecule is C=CNc1cnc(N2CCCCCC2)nc1C(N)=Nc1cc(C(=O)Nc2ccc(OC)c(C(F)(F)F)c2)ccc1Cl. The Hall–Kier alpha value is -4.32. The number of benzene rings is 2. The summed E-state index contributed by atoms with van der Waals surface area (Å²) < 4.78 is 45.0. The molecule has 1 aromatic heterocycles. The fourth-order valence-corrected chi connectivity index (χ4v) is 4.50. The lowest BCUT2D eigenvalue weighted by atomic mass is 10.1. The average molecular weight is 588 g/mol. The Balaban J connectivity index is 1.63. The highest BCUT2D eigenvalue weighted by molar-refractivity contribution is 6.33. The van der Waals surface area contributed by atoms with Crippen molar-refractivity contribution in [1.29, 1.82) is 0 Å². The molecule has 0 bridgehead atoms. The lowest BCUT2D eigenvalue weighted by Crippen LogP contribution is -2.27. The molecule has 216 valence electrons. The Morgan fingerprint density at radius 1 is 1.17 bits per heavy atom. The summed E-state index contributed by atoms with van der Waals surface area (Å²) in [5, 5.41) is 5.62. The minimum absolute atomic E-state index is 0.0113. The molecular formula is C28H29ClF3N7O2. The molecule has 0 aliphatic carbocycles. The normalized spacial score (nSPS) is 14.3. The maximum absolute atomic E-state index is 13.4. The molecule has 0 atom stereocenters. The predicted octanol–water partition coefficient (Wildman–Crippen LogP) is 6.38. The molecule has 0 radical (unpaired) electrons. The number of carbonyl (C=O) groups excluding carboxylic acids is 1. The first-order chi connectivity index (χ1) is 19.6. The molecule has 0 saturated carbocycles. The lowest BCUT2D eigenvalue weighted by molar-refractivity contribution is -0.138. The van der Waals surface area contributed by atoms with E-state index in [-0.39, 0.29) is 33.5 Å². The first kappa shape index (κ1) is 29.7. The number of hydrogen-bond acceptors (Lipinski definition) is 7. The molecule has 1 aliphatic heterocycles. The summed E-state index contributed by atoms with van der Waals surface area (Å²) in [6.07, 6.45) is 2.76. The molecular weight excluding hydrogens is 559 g/mol. The average Bonchev–Trinajstić information content (AvgIpc) is 3.24. The van der Waals surface area contributed by atoms with E-state index in [4.69, 9.17) is 22.1 Å². The number of alkyl halides is 3. The number of nitrogens with one attached hydrogen (secondary N) is 2. The molecule has 1 amide bonds. The van der Waals surface area contributed by atoms with Gasteiger partial charge in [-0.3, -0.25) is 4.79 Å². The smallest absolute Gasteiger partial charge is 0.420 e. The predicted molar refractivity (Wildman–Crippen MR) is 154 cm³/mol. The van der Waals surface area contributed by atoms with Gasteiger partial charge >= 0.3 is 6.18 Å². The van der Waals surface area contributed by atoms with Crippen LogP contribution in [0, 0.1) is 0 Å². The van der Waals surface area contributed by atoms with Crippen molar-refractivity contribution >= 4 is 46.4 Å². The number of amidine groups is 1. The number of amides is 1. The second-order valence-corrected chi connectivity index (χ2v) is 9.62. The highest BCUT2D eigenvalue weighted by atomic mass is 35.5. The molecule has 1 saturated heterocycles. The molecule has 2 aromatic carbocycles. The minimum atomic E-state index is -4.67. The molecule has 0 spiro atoms. The number of nitrogens with two attached hydrogens (primary N) is 1. The van der Waals surface area contributed by atoms with Crippen molar-refractivity contribution in [2.24, 2.45) is 10.7 Å². The van der Waals surface area contributed by atoms with Crippen LogP contribution in [0.15, 0.2) is 60.4 Å². The number of ether oxygens (including phenoxy) is 1. The van der Waals surface area contributed by atoms with Gasteiger partial charge in [-0.2, -0.15) is 13.2 Å². The summed E-state index contributed by atoms with van der Waals surface area (Å²) in [5.41, 5.74) is 6.37. The first-order valence-electron chi connectivity index (χ1n) is 12.8. The Bertz CT molecular complexity index is 1460. The van der Waals surface area contributed by atoms with Crippen LogP contribution in [-0.2, 0) is 6.18 Å². The standard InChI is InChI=1S/C28H29ClF3N7O2/c1-3-34-22-16-35-27(39-12-6-4-5-7-13-39)38-24(22)25(33)37-21-14-17(8-10-20(21)29)26(40)36-18-9-11-23(41-2)19(15-18)28(30,31)32/h3,8-11,14-16,34H,1,4-7,12-13H2,2H3,(H2,33,37)(H,36,40). The molecule has 4 rings (SSSR count). The molecule has 13 heteroatoms. The third kappa shape index (κ3) is 7.26. The maximum atomic E-state index is 13.4. The van der Waals surface area contributed by atoms with E-state index in [9.17, 15) is 18.0 Å². The number of hydrogen-bond donors (Lipinski definition) is 3. The van der Waals surface area contributed by atoms with Gasteiger partial charge in [0.25, 0.3) is 5.91 Å². The van der Waals surface area contributed by atoms with E-state index in [1.54, 1.807) is 6.20 Å². The van der Waals surface area contributed by atoms with Crippen LogP contribution in [0.3, 0.4) is 0 Å². The molecule has 2 heterocycles. The fraction of sp³-hybridized carbons (Fsp3) is 0.286. The van der Waals surface area contributed by atoms with E-state index < -0.39 is 17.6 Å². The summed E-state index contributed by atoms with van der Waals surface area (Å²) >= 11 is 6.36. The zero-order valence-electron chi connectivity index (χ0n) is 22.3. The number of aromatic nitrogens is 2. The van der Waals surface area contributed by atoms with Gasteiger partial charge in [-0.15, -0.1) is 0 Å². The lowest BCUT2D eigenvalue weighted by Gasteiger charge is -2.21. The monoisotopic (exact) mass is 587 g/mol. The van der Waals surface area contributed by atoms with E-state index in [0.29, 0.717) is 17.3 Å². The van der Waals surface area contributed by atoms with Crippen molar-refractivity contribution in [1.82, 2.24) is 9.97 Å². The maximum Gasteiger partial charge on any atom is 0.420 e. The molecule has 1 fully saturated rings. The summed E-state index contributed by atoms with van der Waals surface area (Å²) in [5.74, 6) is -0.499. The van der Waals surface area contributed by atoms with E-state index in [1.165, 1.54) is 30.5 Å². The number of methoxy groups -OCH3 is 1. The van der Waals surface area contributed by atoms with Crippen LogP contribution in [0.5, 0.6) is 5.75 Å². The third-order valence-electron chi connectivity index (χ3n) is 6.38. The molecule has 41 heavy (non-hydrogen) atoms. The van der Waals surface area contributed by atoms with Gasteiger partial charge in [0, 0.05) is 24.3 Å². The minimum Gasteiger partial charge on any atom is -0.496 e. The summed E-state index contributed by atoms with van der Waals surface area (Å²) in [7, 11) is 1.14. The van der Waals surface area contributed by atoms with Gasteiger partial charge in [0.05, 0.1) is 35.3 Å². The van der Waals surface area contributed by atoms with Crippen LogP contribution in [-0.4, -0.2) is 41.9 Å². The second kappa shape index (κ2) is 12.9. The first-order valence-corrected chi connectivity index (χ1v) is 13.2. The van der Waals surface area contributed by atoms with Crippen LogP contribution in [0.4, 0.5) is 36.2 Å². The zero-order chi connectivity index (χ0) is 29.6. The Labute approximate surface area is 240 Å². The van der Waals surface area contributed by atoms with Crippen molar-refractivity contribution in [3.05, 3.63) is 77.2 Å². The van der Waals surface area contributed by atoms with Crippen LogP contribution >= 0.6 is 11.6 Å². The van der Waals surface area contributed by atoms with Crippen molar-refractivity contribution in [3.8, 4) is 5.75 Å². The highest BCUT2D eigenvalue weighted by Gasteiger charge is 2.34. The number of rotatable bonds is 8. The topological polar surface area (TPSA) is 118 Å². The Morgan fingerprint density at radius 3 is 2.56 bits per heavy atom. The van der Waals surface area contributed by atoms with Crippen molar-refractivity contribution in [2.75, 3.05) is 35.7 Å². The third-order valence-corrected chi connectivity index (χ3v) is 6.70. The molecule has 9 nitrogen and oxygen atoms in total. The Morgan fingerprint density at radius 2 is 1.90 bits per heavy atom. The summed E-state index contributed by atoms with van der Waals surface area (Å²) in [6, 6.07) is 7.50. The molecule has 1 aliphatic rings. The van der Waals surface area contributed by atoms with Gasteiger partial charge in [0.15, 0.2) is 5.84 Å². The van der Waals surface area contributed by atoms with Crippen LogP contribution in [0.2, 0.25) is 5.02 Å². The van der Waals surface area contributed by atoms with Gasteiger partial charge < -0.3 is 26.0 Å². The zero-order valence-corrected chi connectivity index (χ0v) is 23.0. The second-order valence-electron chi connectivity index (χ2n) is 9.21. The van der Waals surface area contributed by atoms with Crippen LogP contribution < -0.4 is 26.0 Å². The largest absolute Gasteiger partial charge is 0.496 e. The van der Waals surface area contributed by atoms with Gasteiger partial charge in [-0.25, -0.2) is 15.0 Å². The summed E-state index contributed by atoms with van der Waals surface area (Å²) in [6.45, 7) is 5.33. The van der Waals surface area contributed by atoms with Crippen molar-refractivity contribution in [2.45, 2.75) is 31.9 Å². The van der Waals surface area contributed by atoms with Crippen LogP contribution in [0.1, 0.15) is 47.3 Å². The number of nitrogens with zero attached hydrogens (tertiary/aromatic N) is 4. The van der Waals surface area contributed by atoms with Crippen molar-refractivity contribution in [3.63, 3.8) is 0 Å². The number of carbonyl (C=O) groups is 1. The van der Waals surface area contributed by atoms with E-state index in [2.05, 4.69) is 37.1 Å². The van der Waals surface area contributed by atoms with E-state index >= 15 is 0 Å². The number of anilines is 3. The van der Waals surface area contributed by atoms with Gasteiger partial charge in [0.2, 0.25) is 5.95 Å². The highest BCUT2D eigenvalue weighted by Crippen LogP contribution is 2.38. The molecule has 4 N–H and O–H groups in total. The van der Waals surface area contributed by atoms with Gasteiger partial charge in [-0.05, 0) is 55.4 Å². The molecule has 3 aromatic rings. The van der Waals surface area contributed by atoms with Crippen molar-refractivity contribution < 1.29 is 22.7 Å². The van der Waals surface area contributed by atoms with Gasteiger partial charge in [0.1, 0.15) is 11.4 Å². The van der Waals surface area contributed by atoms with E-state index in [0.717, 1.165) is 58.0 Å². The van der Waals surface area contributed by atoms with Crippen LogP contribution in [0.25, 0.3) is 0 Å². The van der Waals surface area contributed by atoms with E-state index in [1.807, 2.05) is 0 Å².